The van der Waals surface area contributed by atoms with Crippen molar-refractivity contribution in [3.63, 3.8) is 0 Å². The van der Waals surface area contributed by atoms with Gasteiger partial charge in [0.2, 0.25) is 17.4 Å². The fraction of sp³-hybridized carbons (Fsp3) is 0.444. The van der Waals surface area contributed by atoms with E-state index in [0.717, 1.165) is 5.56 Å². The third-order valence-corrected chi connectivity index (χ3v) is 5.73. The maximum Gasteiger partial charge on any atom is 0.208 e. The van der Waals surface area contributed by atoms with Gasteiger partial charge < -0.3 is 20.1 Å². The van der Waals surface area contributed by atoms with E-state index in [1.54, 1.807) is 27.7 Å². The summed E-state index contributed by atoms with van der Waals surface area (Å²) in [5, 5.41) is 32.1. The van der Waals surface area contributed by atoms with E-state index in [0.29, 0.717) is 34.6 Å². The molecule has 2 aromatic heterocycles. The maximum atomic E-state index is 10.9. The molecule has 0 aromatic carbocycles. The Morgan fingerprint density at radius 1 is 1.24 bits per heavy atom. The summed E-state index contributed by atoms with van der Waals surface area (Å²) >= 11 is 0. The standard InChI is InChI=1S/C18H19N3O4/c1-8-9(2)14(20-7-10(8)19-5)21-15(23)12-13(16(21)24)18(4)11(22)6-17(12,3)25-18/h7,11,22-24H,6H2,1-4H3/t11-,17?,18?/m0/s1. The van der Waals surface area contributed by atoms with Gasteiger partial charge in [-0.25, -0.2) is 14.4 Å². The van der Waals surface area contributed by atoms with Gasteiger partial charge in [0.25, 0.3) is 0 Å². The van der Waals surface area contributed by atoms with Gasteiger partial charge in [-0.05, 0) is 38.8 Å². The number of ether oxygens (including phenoxy) is 1. The first-order valence-corrected chi connectivity index (χ1v) is 8.05. The van der Waals surface area contributed by atoms with Crippen molar-refractivity contribution in [1.82, 2.24) is 9.55 Å². The van der Waals surface area contributed by atoms with Gasteiger partial charge >= 0.3 is 0 Å². The third kappa shape index (κ3) is 1.68. The predicted molar refractivity (Wildman–Crippen MR) is 89.0 cm³/mol. The predicted octanol–water partition coefficient (Wildman–Crippen LogP) is 2.68. The van der Waals surface area contributed by atoms with Gasteiger partial charge in [0.1, 0.15) is 11.4 Å². The van der Waals surface area contributed by atoms with Crippen molar-refractivity contribution in [2.24, 2.45) is 0 Å². The molecule has 4 heterocycles. The molecule has 1 saturated heterocycles. The largest absolute Gasteiger partial charge is 0.494 e. The molecule has 2 unspecified atom stereocenters. The first-order chi connectivity index (χ1) is 11.7. The van der Waals surface area contributed by atoms with Crippen LogP contribution in [0.1, 0.15) is 42.5 Å². The minimum absolute atomic E-state index is 0.142. The Bertz CT molecular complexity index is 974. The summed E-state index contributed by atoms with van der Waals surface area (Å²) in [6.07, 6.45) is 1.000. The molecular weight excluding hydrogens is 322 g/mol. The number of aromatic hydroxyl groups is 2. The van der Waals surface area contributed by atoms with Crippen LogP contribution in [0.2, 0.25) is 0 Å². The quantitative estimate of drug-likeness (QED) is 0.694. The molecular formula is C18H19N3O4. The molecule has 4 rings (SSSR count). The zero-order valence-electron chi connectivity index (χ0n) is 14.5. The number of pyridine rings is 1. The minimum atomic E-state index is -1.07. The molecule has 0 saturated carbocycles. The molecule has 0 spiro atoms. The van der Waals surface area contributed by atoms with Gasteiger partial charge in [-0.3, -0.25) is 0 Å². The number of hydrogen-bond donors (Lipinski definition) is 3. The molecule has 2 aromatic rings. The van der Waals surface area contributed by atoms with Crippen molar-refractivity contribution >= 4 is 5.69 Å². The van der Waals surface area contributed by atoms with Crippen LogP contribution in [0.4, 0.5) is 5.69 Å². The van der Waals surface area contributed by atoms with E-state index in [4.69, 9.17) is 11.3 Å². The van der Waals surface area contributed by atoms with E-state index in [2.05, 4.69) is 9.83 Å². The van der Waals surface area contributed by atoms with Gasteiger partial charge in [0.15, 0.2) is 0 Å². The van der Waals surface area contributed by atoms with Crippen molar-refractivity contribution in [3.8, 4) is 17.6 Å². The lowest BCUT2D eigenvalue weighted by atomic mass is 9.78. The number of fused-ring (bicyclic) bond motifs is 5. The molecule has 130 valence electrons. The van der Waals surface area contributed by atoms with Crippen molar-refractivity contribution in [2.45, 2.75) is 51.4 Å². The first kappa shape index (κ1) is 15.9. The highest BCUT2D eigenvalue weighted by Crippen LogP contribution is 2.64. The molecule has 0 radical (unpaired) electrons. The molecule has 7 nitrogen and oxygen atoms in total. The van der Waals surface area contributed by atoms with E-state index < -0.39 is 17.3 Å². The second-order valence-corrected chi connectivity index (χ2v) is 7.22. The lowest BCUT2D eigenvalue weighted by Crippen LogP contribution is -2.32. The number of rotatable bonds is 1. The smallest absolute Gasteiger partial charge is 0.208 e. The van der Waals surface area contributed by atoms with Crippen LogP contribution < -0.4 is 0 Å². The Morgan fingerprint density at radius 3 is 2.52 bits per heavy atom. The van der Waals surface area contributed by atoms with Gasteiger partial charge in [-0.1, -0.05) is 0 Å². The maximum absolute atomic E-state index is 10.9. The van der Waals surface area contributed by atoms with Crippen LogP contribution in [0.5, 0.6) is 11.8 Å². The monoisotopic (exact) mass is 341 g/mol. The number of nitrogens with zero attached hydrogens (tertiary/aromatic N) is 3. The summed E-state index contributed by atoms with van der Waals surface area (Å²) in [6.45, 7) is 14.3. The average Bonchev–Trinajstić information content (AvgIpc) is 3.05. The summed E-state index contributed by atoms with van der Waals surface area (Å²) in [5.74, 6) is 0.0228. The molecule has 2 bridgehead atoms. The van der Waals surface area contributed by atoms with Crippen molar-refractivity contribution in [2.75, 3.05) is 0 Å². The van der Waals surface area contributed by atoms with Gasteiger partial charge in [0.05, 0.1) is 29.4 Å². The lowest BCUT2D eigenvalue weighted by molar-refractivity contribution is -0.0936. The summed E-state index contributed by atoms with van der Waals surface area (Å²) in [6, 6.07) is 0. The Balaban J connectivity index is 2.02. The molecule has 2 aliphatic heterocycles. The van der Waals surface area contributed by atoms with Gasteiger partial charge in [-0.2, -0.15) is 0 Å². The van der Waals surface area contributed by atoms with Crippen LogP contribution in [0.25, 0.3) is 10.7 Å². The molecule has 0 amide bonds. The molecule has 1 fully saturated rings. The topological polar surface area (TPSA) is 92.1 Å². The normalized spacial score (nSPS) is 29.7. The number of hydrogen-bond acceptors (Lipinski definition) is 5. The van der Waals surface area contributed by atoms with Crippen LogP contribution in [-0.4, -0.2) is 31.0 Å². The van der Waals surface area contributed by atoms with E-state index in [1.807, 2.05) is 0 Å². The summed E-state index contributed by atoms with van der Waals surface area (Å²) in [4.78, 5) is 7.70. The third-order valence-electron chi connectivity index (χ3n) is 5.73. The van der Waals surface area contributed by atoms with Crippen molar-refractivity contribution < 1.29 is 20.1 Å². The molecule has 7 heteroatoms. The lowest BCUT2D eigenvalue weighted by Gasteiger charge is -2.25. The van der Waals surface area contributed by atoms with E-state index in [1.165, 1.54) is 10.8 Å². The number of aromatic nitrogens is 2. The molecule has 3 atom stereocenters. The van der Waals surface area contributed by atoms with Crippen LogP contribution in [-0.2, 0) is 15.9 Å². The summed E-state index contributed by atoms with van der Waals surface area (Å²) in [7, 11) is 0. The van der Waals surface area contributed by atoms with Gasteiger partial charge in [0, 0.05) is 12.6 Å². The van der Waals surface area contributed by atoms with Crippen molar-refractivity contribution in [3.05, 3.63) is 39.9 Å². The van der Waals surface area contributed by atoms with E-state index >= 15 is 0 Å². The Hall–Kier alpha value is -2.56. The number of aliphatic hydroxyl groups excluding tert-OH is 1. The molecule has 3 N–H and O–H groups in total. The zero-order valence-corrected chi connectivity index (χ0v) is 14.5. The van der Waals surface area contributed by atoms with Gasteiger partial charge in [-0.15, -0.1) is 0 Å². The van der Waals surface area contributed by atoms with Crippen molar-refractivity contribution in [1.29, 1.82) is 0 Å². The summed E-state index contributed by atoms with van der Waals surface area (Å²) in [5.41, 5.74) is 0.815. The van der Waals surface area contributed by atoms with E-state index in [9.17, 15) is 15.3 Å². The Kier molecular flexibility index (Phi) is 2.89. The molecule has 0 aliphatic carbocycles. The SMILES string of the molecule is [C-]#[N+]c1cnc(-n2c(O)c3c(c2O)C2(C)OC3(C)C[C@@H]2O)c(C)c1C. The summed E-state index contributed by atoms with van der Waals surface area (Å²) < 4.78 is 7.25. The second kappa shape index (κ2) is 4.54. The highest BCUT2D eigenvalue weighted by molar-refractivity contribution is 5.64. The van der Waals surface area contributed by atoms with E-state index in [-0.39, 0.29) is 11.8 Å². The Labute approximate surface area is 144 Å². The highest BCUT2D eigenvalue weighted by atomic mass is 16.6. The molecule has 25 heavy (non-hydrogen) atoms. The van der Waals surface area contributed by atoms with Crippen LogP contribution in [0, 0.1) is 20.4 Å². The Morgan fingerprint density at radius 2 is 1.88 bits per heavy atom. The fourth-order valence-electron chi connectivity index (χ4n) is 4.25. The minimum Gasteiger partial charge on any atom is -0.494 e. The zero-order chi connectivity index (χ0) is 18.3. The van der Waals surface area contributed by atoms with Crippen LogP contribution in [0.15, 0.2) is 6.20 Å². The molecule has 2 aliphatic rings. The number of aliphatic hydroxyl groups is 1. The highest BCUT2D eigenvalue weighted by Gasteiger charge is 2.64. The average molecular weight is 341 g/mol. The van der Waals surface area contributed by atoms with Crippen LogP contribution in [0.3, 0.4) is 0 Å². The first-order valence-electron chi connectivity index (χ1n) is 8.05. The second-order valence-electron chi connectivity index (χ2n) is 7.22. The fourth-order valence-corrected chi connectivity index (χ4v) is 4.25. The van der Waals surface area contributed by atoms with Crippen LogP contribution >= 0.6 is 0 Å².